The second-order valence-electron chi connectivity index (χ2n) is 4.17. The van der Waals surface area contributed by atoms with Gasteiger partial charge in [0.25, 0.3) is 5.91 Å². The fourth-order valence-corrected chi connectivity index (χ4v) is 1.79. The quantitative estimate of drug-likeness (QED) is 0.909. The Morgan fingerprint density at radius 1 is 1.29 bits per heavy atom. The van der Waals surface area contributed by atoms with Crippen LogP contribution < -0.4 is 5.32 Å². The number of carboxylic acid groups (broad SMARTS) is 1. The molecule has 21 heavy (non-hydrogen) atoms. The van der Waals surface area contributed by atoms with Gasteiger partial charge in [0.15, 0.2) is 0 Å². The number of rotatable bonds is 4. The number of aromatic nitrogens is 1. The molecule has 0 fully saturated rings. The molecule has 0 aliphatic heterocycles. The zero-order valence-electron chi connectivity index (χ0n) is 10.6. The number of nitrogens with one attached hydrogen (secondary N) is 1. The van der Waals surface area contributed by atoms with E-state index in [-0.39, 0.29) is 22.8 Å². The van der Waals surface area contributed by atoms with Crippen LogP contribution >= 0.6 is 11.6 Å². The molecule has 5 nitrogen and oxygen atoms in total. The fraction of sp³-hybridized carbons (Fsp3) is 0.0714. The topological polar surface area (TPSA) is 79.3 Å². The number of halogens is 2. The monoisotopic (exact) mass is 308 g/mol. The number of aromatic carboxylic acids is 1. The van der Waals surface area contributed by atoms with Crippen molar-refractivity contribution >= 4 is 23.5 Å². The number of hydrogen-bond acceptors (Lipinski definition) is 3. The number of pyridine rings is 1. The van der Waals surface area contributed by atoms with Crippen molar-refractivity contribution in [3.05, 3.63) is 64.2 Å². The predicted molar refractivity (Wildman–Crippen MR) is 73.8 cm³/mol. The lowest BCUT2D eigenvalue weighted by Gasteiger charge is -2.06. The smallest absolute Gasteiger partial charge is 0.354 e. The number of benzene rings is 1. The van der Waals surface area contributed by atoms with E-state index in [1.807, 2.05) is 0 Å². The molecular formula is C14H10ClFN2O3. The molecule has 0 saturated heterocycles. The maximum atomic E-state index is 13.0. The van der Waals surface area contributed by atoms with Gasteiger partial charge in [-0.05, 0) is 29.8 Å². The number of nitrogens with zero attached hydrogens (tertiary/aromatic N) is 1. The summed E-state index contributed by atoms with van der Waals surface area (Å²) in [6, 6.07) is 6.75. The van der Waals surface area contributed by atoms with Gasteiger partial charge in [0.1, 0.15) is 11.5 Å². The molecule has 108 valence electrons. The van der Waals surface area contributed by atoms with Crippen LogP contribution in [-0.2, 0) is 6.54 Å². The predicted octanol–water partition coefficient (Wildman–Crippen LogP) is 2.50. The largest absolute Gasteiger partial charge is 0.477 e. The summed E-state index contributed by atoms with van der Waals surface area (Å²) in [6.45, 7) is 0.166. The molecule has 0 atom stereocenters. The number of carbonyl (C=O) groups excluding carboxylic acids is 1. The first-order valence-corrected chi connectivity index (χ1v) is 6.26. The van der Waals surface area contributed by atoms with Gasteiger partial charge in [-0.2, -0.15) is 0 Å². The van der Waals surface area contributed by atoms with Gasteiger partial charge in [-0.15, -0.1) is 0 Å². The van der Waals surface area contributed by atoms with Crippen molar-refractivity contribution in [1.82, 2.24) is 10.3 Å². The molecular weight excluding hydrogens is 299 g/mol. The Morgan fingerprint density at radius 2 is 2.05 bits per heavy atom. The van der Waals surface area contributed by atoms with E-state index >= 15 is 0 Å². The number of amides is 1. The third kappa shape index (κ3) is 3.76. The first kappa shape index (κ1) is 14.9. The SMILES string of the molecule is O=C(NCc1ccc(F)c(Cl)c1)c1ccc(C(=O)O)nc1. The van der Waals surface area contributed by atoms with E-state index < -0.39 is 17.7 Å². The highest BCUT2D eigenvalue weighted by Crippen LogP contribution is 2.15. The normalized spacial score (nSPS) is 10.2. The number of hydrogen-bond donors (Lipinski definition) is 2. The van der Waals surface area contributed by atoms with Gasteiger partial charge in [0.05, 0.1) is 10.6 Å². The van der Waals surface area contributed by atoms with Gasteiger partial charge in [-0.25, -0.2) is 14.2 Å². The zero-order chi connectivity index (χ0) is 15.4. The molecule has 0 spiro atoms. The summed E-state index contributed by atoms with van der Waals surface area (Å²) in [5.74, 6) is -2.11. The van der Waals surface area contributed by atoms with Crippen LogP contribution in [0, 0.1) is 5.82 Å². The zero-order valence-corrected chi connectivity index (χ0v) is 11.4. The first-order chi connectivity index (χ1) is 9.97. The lowest BCUT2D eigenvalue weighted by atomic mass is 10.2. The van der Waals surface area contributed by atoms with Gasteiger partial charge >= 0.3 is 5.97 Å². The van der Waals surface area contributed by atoms with E-state index in [0.717, 1.165) is 0 Å². The molecule has 0 bridgehead atoms. The standard InChI is InChI=1S/C14H10ClFN2O3/c15-10-5-8(1-3-11(10)16)6-18-13(19)9-2-4-12(14(20)21)17-7-9/h1-5,7H,6H2,(H,18,19)(H,20,21). The molecule has 1 heterocycles. The average molecular weight is 309 g/mol. The Morgan fingerprint density at radius 3 is 2.62 bits per heavy atom. The first-order valence-electron chi connectivity index (χ1n) is 5.89. The van der Waals surface area contributed by atoms with Crippen LogP contribution in [0.25, 0.3) is 0 Å². The van der Waals surface area contributed by atoms with Gasteiger partial charge < -0.3 is 10.4 Å². The van der Waals surface area contributed by atoms with Gasteiger partial charge in [0, 0.05) is 12.7 Å². The molecule has 0 aliphatic rings. The van der Waals surface area contributed by atoms with Crippen molar-refractivity contribution in [1.29, 1.82) is 0 Å². The maximum Gasteiger partial charge on any atom is 0.354 e. The van der Waals surface area contributed by atoms with E-state index in [2.05, 4.69) is 10.3 Å². The highest BCUT2D eigenvalue weighted by Gasteiger charge is 2.09. The highest BCUT2D eigenvalue weighted by molar-refractivity contribution is 6.30. The molecule has 0 aliphatic carbocycles. The van der Waals surface area contributed by atoms with Crippen LogP contribution in [0.2, 0.25) is 5.02 Å². The van der Waals surface area contributed by atoms with Crippen LogP contribution in [0.4, 0.5) is 4.39 Å². The van der Waals surface area contributed by atoms with Crippen molar-refractivity contribution in [2.24, 2.45) is 0 Å². The molecule has 2 N–H and O–H groups in total. The van der Waals surface area contributed by atoms with Crippen LogP contribution in [0.3, 0.4) is 0 Å². The summed E-state index contributed by atoms with van der Waals surface area (Å²) in [5, 5.41) is 11.3. The lowest BCUT2D eigenvalue weighted by Crippen LogP contribution is -2.23. The number of carboxylic acids is 1. The van der Waals surface area contributed by atoms with Gasteiger partial charge in [0.2, 0.25) is 0 Å². The van der Waals surface area contributed by atoms with Crippen LogP contribution in [0.1, 0.15) is 26.4 Å². The minimum absolute atomic E-state index is 0.0192. The lowest BCUT2D eigenvalue weighted by molar-refractivity contribution is 0.0689. The summed E-state index contributed by atoms with van der Waals surface area (Å²) in [4.78, 5) is 26.1. The molecule has 0 unspecified atom stereocenters. The Kier molecular flexibility index (Phi) is 4.49. The minimum Gasteiger partial charge on any atom is -0.477 e. The van der Waals surface area contributed by atoms with Gasteiger partial charge in [-0.3, -0.25) is 4.79 Å². The molecule has 1 amide bonds. The highest BCUT2D eigenvalue weighted by atomic mass is 35.5. The molecule has 7 heteroatoms. The Hall–Kier alpha value is -2.47. The Balaban J connectivity index is 2.01. The van der Waals surface area contributed by atoms with Crippen LogP contribution in [-0.4, -0.2) is 22.0 Å². The van der Waals surface area contributed by atoms with Gasteiger partial charge in [-0.1, -0.05) is 17.7 Å². The van der Waals surface area contributed by atoms with E-state index in [1.165, 1.54) is 36.5 Å². The number of carbonyl (C=O) groups is 2. The van der Waals surface area contributed by atoms with Crippen molar-refractivity contribution in [2.75, 3.05) is 0 Å². The van der Waals surface area contributed by atoms with Crippen molar-refractivity contribution in [3.63, 3.8) is 0 Å². The summed E-state index contributed by atoms with van der Waals surface area (Å²) >= 11 is 5.64. The summed E-state index contributed by atoms with van der Waals surface area (Å²) in [5.41, 5.74) is 0.731. The molecule has 2 rings (SSSR count). The molecule has 0 radical (unpaired) electrons. The summed E-state index contributed by atoms with van der Waals surface area (Å²) in [7, 11) is 0. The summed E-state index contributed by atoms with van der Waals surface area (Å²) < 4.78 is 13.0. The second kappa shape index (κ2) is 6.32. The minimum atomic E-state index is -1.16. The van der Waals surface area contributed by atoms with Crippen molar-refractivity contribution in [3.8, 4) is 0 Å². The molecule has 2 aromatic rings. The molecule has 1 aromatic carbocycles. The maximum absolute atomic E-state index is 13.0. The van der Waals surface area contributed by atoms with E-state index in [1.54, 1.807) is 0 Å². The second-order valence-corrected chi connectivity index (χ2v) is 4.58. The summed E-state index contributed by atoms with van der Waals surface area (Å²) in [6.07, 6.45) is 1.18. The van der Waals surface area contributed by atoms with E-state index in [9.17, 15) is 14.0 Å². The molecule has 0 saturated carbocycles. The van der Waals surface area contributed by atoms with Crippen LogP contribution in [0.15, 0.2) is 36.5 Å². The third-order valence-corrected chi connectivity index (χ3v) is 2.97. The van der Waals surface area contributed by atoms with E-state index in [0.29, 0.717) is 5.56 Å². The van der Waals surface area contributed by atoms with E-state index in [4.69, 9.17) is 16.7 Å². The Labute approximate surface area is 124 Å². The fourth-order valence-electron chi connectivity index (χ4n) is 1.59. The Bertz CT molecular complexity index is 689. The third-order valence-electron chi connectivity index (χ3n) is 2.68. The van der Waals surface area contributed by atoms with Crippen molar-refractivity contribution in [2.45, 2.75) is 6.54 Å². The van der Waals surface area contributed by atoms with Crippen molar-refractivity contribution < 1.29 is 19.1 Å². The average Bonchev–Trinajstić information content (AvgIpc) is 2.48. The van der Waals surface area contributed by atoms with Crippen LogP contribution in [0.5, 0.6) is 0 Å². The molecule has 1 aromatic heterocycles.